The summed E-state index contributed by atoms with van der Waals surface area (Å²) in [5.41, 5.74) is -0.0899. The van der Waals surface area contributed by atoms with Crippen molar-refractivity contribution in [3.05, 3.63) is 27.9 Å². The third-order valence-corrected chi connectivity index (χ3v) is 2.09. The standard InChI is InChI=1S/C9H9F4N3O2/c1-5-2-6(16(17)18)3-14-7(5)15-4-9(12,13)8(10)11/h2-3,8H,4H2,1H3,(H,14,15). The van der Waals surface area contributed by atoms with Crippen molar-refractivity contribution in [2.75, 3.05) is 11.9 Å². The highest BCUT2D eigenvalue weighted by Crippen LogP contribution is 2.24. The summed E-state index contributed by atoms with van der Waals surface area (Å²) >= 11 is 0. The Bertz CT molecular complexity index is 453. The molecular formula is C9H9F4N3O2. The maximum absolute atomic E-state index is 12.6. The van der Waals surface area contributed by atoms with Gasteiger partial charge < -0.3 is 5.32 Å². The molecule has 1 N–H and O–H groups in total. The Kier molecular flexibility index (Phi) is 4.04. The Morgan fingerprint density at radius 1 is 1.56 bits per heavy atom. The van der Waals surface area contributed by atoms with Crippen LogP contribution in [0.5, 0.6) is 0 Å². The van der Waals surface area contributed by atoms with Gasteiger partial charge in [-0.3, -0.25) is 10.1 Å². The second kappa shape index (κ2) is 5.15. The lowest BCUT2D eigenvalue weighted by Gasteiger charge is -2.16. The zero-order valence-corrected chi connectivity index (χ0v) is 9.16. The normalized spacial score (nSPS) is 11.7. The van der Waals surface area contributed by atoms with E-state index in [1.54, 1.807) is 0 Å². The molecular weight excluding hydrogens is 258 g/mol. The minimum absolute atomic E-state index is 0.0964. The molecule has 0 aromatic carbocycles. The highest BCUT2D eigenvalue weighted by atomic mass is 19.3. The summed E-state index contributed by atoms with van der Waals surface area (Å²) in [6, 6.07) is 1.11. The van der Waals surface area contributed by atoms with Crippen LogP contribution in [-0.2, 0) is 0 Å². The van der Waals surface area contributed by atoms with Crippen LogP contribution >= 0.6 is 0 Å². The number of nitrogens with one attached hydrogen (secondary N) is 1. The van der Waals surface area contributed by atoms with Crippen molar-refractivity contribution in [2.24, 2.45) is 0 Å². The van der Waals surface area contributed by atoms with Crippen molar-refractivity contribution >= 4 is 11.5 Å². The molecule has 100 valence electrons. The zero-order chi connectivity index (χ0) is 13.9. The molecule has 0 aliphatic heterocycles. The first-order chi connectivity index (χ1) is 8.24. The van der Waals surface area contributed by atoms with E-state index in [1.165, 1.54) is 6.92 Å². The largest absolute Gasteiger partial charge is 0.364 e. The van der Waals surface area contributed by atoms with Crippen LogP contribution in [-0.4, -0.2) is 28.8 Å². The molecule has 1 heterocycles. The van der Waals surface area contributed by atoms with Gasteiger partial charge in [-0.2, -0.15) is 8.78 Å². The summed E-state index contributed by atoms with van der Waals surface area (Å²) in [5, 5.41) is 12.4. The van der Waals surface area contributed by atoms with Crippen LogP contribution < -0.4 is 5.32 Å². The minimum Gasteiger partial charge on any atom is -0.364 e. The smallest absolute Gasteiger partial charge is 0.324 e. The maximum Gasteiger partial charge on any atom is 0.324 e. The molecule has 1 rings (SSSR count). The van der Waals surface area contributed by atoms with E-state index in [0.29, 0.717) is 0 Å². The summed E-state index contributed by atoms with van der Waals surface area (Å²) in [6.07, 6.45) is -2.93. The van der Waals surface area contributed by atoms with Crippen molar-refractivity contribution in [3.63, 3.8) is 0 Å². The molecule has 0 aliphatic rings. The first kappa shape index (κ1) is 14.1. The second-order valence-corrected chi connectivity index (χ2v) is 3.53. The first-order valence-electron chi connectivity index (χ1n) is 4.75. The SMILES string of the molecule is Cc1cc([N+](=O)[O-])cnc1NCC(F)(F)C(F)F. The molecule has 0 fully saturated rings. The van der Waals surface area contributed by atoms with Gasteiger partial charge in [-0.15, -0.1) is 0 Å². The number of aromatic nitrogens is 1. The van der Waals surface area contributed by atoms with Gasteiger partial charge in [0.1, 0.15) is 12.0 Å². The van der Waals surface area contributed by atoms with Crippen LogP contribution in [0.3, 0.4) is 0 Å². The number of pyridine rings is 1. The highest BCUT2D eigenvalue weighted by molar-refractivity contribution is 5.48. The predicted molar refractivity (Wildman–Crippen MR) is 55.1 cm³/mol. The fourth-order valence-corrected chi connectivity index (χ4v) is 1.12. The monoisotopic (exact) mass is 267 g/mol. The average Bonchev–Trinajstić information content (AvgIpc) is 2.26. The van der Waals surface area contributed by atoms with E-state index in [2.05, 4.69) is 4.98 Å². The minimum atomic E-state index is -4.18. The molecule has 0 aliphatic carbocycles. The lowest BCUT2D eigenvalue weighted by molar-refractivity contribution is -0.385. The van der Waals surface area contributed by atoms with Gasteiger partial charge in [-0.25, -0.2) is 13.8 Å². The molecule has 0 amide bonds. The number of hydrogen-bond donors (Lipinski definition) is 1. The highest BCUT2D eigenvalue weighted by Gasteiger charge is 2.40. The summed E-state index contributed by atoms with van der Waals surface area (Å²) in [5.74, 6) is -4.28. The summed E-state index contributed by atoms with van der Waals surface area (Å²) in [7, 11) is 0. The van der Waals surface area contributed by atoms with Gasteiger partial charge in [0.15, 0.2) is 0 Å². The van der Waals surface area contributed by atoms with Gasteiger partial charge in [0.2, 0.25) is 0 Å². The number of alkyl halides is 4. The van der Waals surface area contributed by atoms with Gasteiger partial charge in [0.25, 0.3) is 5.69 Å². The van der Waals surface area contributed by atoms with Gasteiger partial charge >= 0.3 is 12.3 Å². The van der Waals surface area contributed by atoms with Gasteiger partial charge in [0.05, 0.1) is 11.5 Å². The molecule has 0 spiro atoms. The van der Waals surface area contributed by atoms with Crippen molar-refractivity contribution in [1.29, 1.82) is 0 Å². The molecule has 0 radical (unpaired) electrons. The molecule has 0 saturated heterocycles. The molecule has 0 unspecified atom stereocenters. The predicted octanol–water partition coefficient (Wildman–Crippen LogP) is 2.61. The fraction of sp³-hybridized carbons (Fsp3) is 0.444. The molecule has 0 saturated carbocycles. The zero-order valence-electron chi connectivity index (χ0n) is 9.16. The molecule has 1 aromatic rings. The lowest BCUT2D eigenvalue weighted by atomic mass is 10.2. The van der Waals surface area contributed by atoms with Crippen LogP contribution in [0.15, 0.2) is 12.3 Å². The topological polar surface area (TPSA) is 68.1 Å². The van der Waals surface area contributed by atoms with Crippen LogP contribution in [0.25, 0.3) is 0 Å². The van der Waals surface area contributed by atoms with Gasteiger partial charge in [-0.05, 0) is 12.5 Å². The van der Waals surface area contributed by atoms with Crippen molar-refractivity contribution < 1.29 is 22.5 Å². The molecule has 18 heavy (non-hydrogen) atoms. The van der Waals surface area contributed by atoms with Crippen LogP contribution in [0.1, 0.15) is 5.56 Å². The number of aryl methyl sites for hydroxylation is 1. The maximum atomic E-state index is 12.6. The molecule has 1 aromatic heterocycles. The average molecular weight is 267 g/mol. The Balaban J connectivity index is 2.78. The van der Waals surface area contributed by atoms with Crippen LogP contribution in [0, 0.1) is 17.0 Å². The van der Waals surface area contributed by atoms with E-state index in [9.17, 15) is 27.7 Å². The Morgan fingerprint density at radius 3 is 2.61 bits per heavy atom. The van der Waals surface area contributed by atoms with E-state index in [4.69, 9.17) is 0 Å². The third kappa shape index (κ3) is 3.28. The fourth-order valence-electron chi connectivity index (χ4n) is 1.12. The molecule has 0 atom stereocenters. The van der Waals surface area contributed by atoms with Crippen molar-refractivity contribution in [3.8, 4) is 0 Å². The van der Waals surface area contributed by atoms with E-state index >= 15 is 0 Å². The van der Waals surface area contributed by atoms with Crippen molar-refractivity contribution in [1.82, 2.24) is 4.98 Å². The Labute approximate surface area is 99.0 Å². The summed E-state index contributed by atoms with van der Waals surface area (Å²) in [4.78, 5) is 13.2. The number of anilines is 1. The molecule has 9 heteroatoms. The number of nitro groups is 1. The number of rotatable bonds is 5. The lowest BCUT2D eigenvalue weighted by Crippen LogP contribution is -2.35. The van der Waals surface area contributed by atoms with E-state index in [0.717, 1.165) is 12.3 Å². The van der Waals surface area contributed by atoms with Crippen molar-refractivity contribution in [2.45, 2.75) is 19.3 Å². The van der Waals surface area contributed by atoms with Crippen LogP contribution in [0.2, 0.25) is 0 Å². The van der Waals surface area contributed by atoms with E-state index in [-0.39, 0.29) is 17.1 Å². The molecule has 5 nitrogen and oxygen atoms in total. The Hall–Kier alpha value is -1.93. The summed E-state index contributed by atoms with van der Waals surface area (Å²) in [6.45, 7) is 0.0964. The van der Waals surface area contributed by atoms with E-state index < -0.39 is 23.8 Å². The number of halogens is 4. The first-order valence-corrected chi connectivity index (χ1v) is 4.75. The third-order valence-electron chi connectivity index (χ3n) is 2.09. The Morgan fingerprint density at radius 2 is 2.17 bits per heavy atom. The number of nitrogens with zero attached hydrogens (tertiary/aromatic N) is 2. The van der Waals surface area contributed by atoms with Crippen LogP contribution in [0.4, 0.5) is 29.1 Å². The van der Waals surface area contributed by atoms with Gasteiger partial charge in [-0.1, -0.05) is 0 Å². The second-order valence-electron chi connectivity index (χ2n) is 3.53. The summed E-state index contributed by atoms with van der Waals surface area (Å²) < 4.78 is 49.0. The number of hydrogen-bond acceptors (Lipinski definition) is 4. The van der Waals surface area contributed by atoms with Gasteiger partial charge in [0, 0.05) is 6.07 Å². The molecule has 0 bridgehead atoms. The quantitative estimate of drug-likeness (QED) is 0.506. The van der Waals surface area contributed by atoms with E-state index in [1.807, 2.05) is 5.32 Å².